The third-order valence-electron chi connectivity index (χ3n) is 7.06. The molecule has 5 rings (SSSR count). The molecule has 1 aliphatic carbocycles. The predicted octanol–water partition coefficient (Wildman–Crippen LogP) is 10.3. The van der Waals surface area contributed by atoms with Crippen LogP contribution >= 0.6 is 0 Å². The minimum Gasteiger partial charge on any atom is -0.512 e. The molecule has 0 atom stereocenters. The Labute approximate surface area is 265 Å². The van der Waals surface area contributed by atoms with Gasteiger partial charge in [0.05, 0.1) is 5.76 Å². The molecule has 1 aliphatic rings. The molecule has 0 spiro atoms. The molecule has 3 nitrogen and oxygen atoms in total. The van der Waals surface area contributed by atoms with Crippen molar-refractivity contribution in [2.75, 3.05) is 0 Å². The Morgan fingerprint density at radius 1 is 0.929 bits per heavy atom. The average Bonchev–Trinajstić information content (AvgIpc) is 2.96. The molecule has 1 radical (unpaired) electrons. The number of rotatable bonds is 6. The van der Waals surface area contributed by atoms with Crippen molar-refractivity contribution >= 4 is 16.6 Å². The molecule has 1 N–H and O–H groups in total. The molecular formula is C38H44IrNO2-. The first kappa shape index (κ1) is 33.4. The van der Waals surface area contributed by atoms with Crippen molar-refractivity contribution in [2.24, 2.45) is 17.3 Å². The normalized spacial score (nSPS) is 12.2. The largest absolute Gasteiger partial charge is 0.512 e. The van der Waals surface area contributed by atoms with Gasteiger partial charge in [-0.1, -0.05) is 95.5 Å². The van der Waals surface area contributed by atoms with Crippen molar-refractivity contribution in [3.8, 4) is 33.5 Å². The van der Waals surface area contributed by atoms with Gasteiger partial charge in [-0.2, -0.15) is 0 Å². The van der Waals surface area contributed by atoms with Gasteiger partial charge >= 0.3 is 0 Å². The third kappa shape index (κ3) is 8.27. The summed E-state index contributed by atoms with van der Waals surface area (Å²) in [5.41, 5.74) is 10.1. The van der Waals surface area contributed by atoms with Gasteiger partial charge in [-0.05, 0) is 69.8 Å². The van der Waals surface area contributed by atoms with Gasteiger partial charge in [-0.15, -0.1) is 29.8 Å². The van der Waals surface area contributed by atoms with Gasteiger partial charge in [0.25, 0.3) is 0 Å². The van der Waals surface area contributed by atoms with Gasteiger partial charge < -0.3 is 10.1 Å². The van der Waals surface area contributed by atoms with Crippen molar-refractivity contribution in [3.63, 3.8) is 0 Å². The molecule has 42 heavy (non-hydrogen) atoms. The summed E-state index contributed by atoms with van der Waals surface area (Å²) < 4.78 is 0. The molecule has 0 unspecified atom stereocenters. The van der Waals surface area contributed by atoms with Crippen LogP contribution in [-0.2, 0) is 31.3 Å². The van der Waals surface area contributed by atoms with E-state index in [9.17, 15) is 9.90 Å². The number of pyridine rings is 1. The Hall–Kier alpha value is -3.07. The van der Waals surface area contributed by atoms with Crippen LogP contribution in [-0.4, -0.2) is 15.9 Å². The number of nitrogens with zero attached hydrogens (tertiary/aromatic N) is 1. The van der Waals surface area contributed by atoms with Crippen LogP contribution in [0.2, 0.25) is 0 Å². The molecule has 0 bridgehead atoms. The topological polar surface area (TPSA) is 50.2 Å². The Balaban J connectivity index is 0.000000297. The molecule has 1 heterocycles. The Morgan fingerprint density at radius 2 is 1.64 bits per heavy atom. The van der Waals surface area contributed by atoms with E-state index in [1.165, 1.54) is 50.2 Å². The van der Waals surface area contributed by atoms with Crippen LogP contribution in [0, 0.1) is 30.2 Å². The van der Waals surface area contributed by atoms with Crippen LogP contribution in [0.15, 0.2) is 72.6 Å². The van der Waals surface area contributed by atoms with E-state index in [0.717, 1.165) is 17.7 Å². The molecule has 0 saturated carbocycles. The fourth-order valence-corrected chi connectivity index (χ4v) is 5.59. The maximum atomic E-state index is 11.2. The third-order valence-corrected chi connectivity index (χ3v) is 7.06. The summed E-state index contributed by atoms with van der Waals surface area (Å²) in [6.07, 6.45) is 5.45. The molecule has 3 aromatic carbocycles. The Kier molecular flexibility index (Phi) is 11.1. The zero-order valence-electron chi connectivity index (χ0n) is 26.3. The van der Waals surface area contributed by atoms with E-state index in [4.69, 9.17) is 4.98 Å². The summed E-state index contributed by atoms with van der Waals surface area (Å²) >= 11 is 0. The van der Waals surface area contributed by atoms with Gasteiger partial charge in [0.1, 0.15) is 0 Å². The minimum absolute atomic E-state index is 0. The summed E-state index contributed by atoms with van der Waals surface area (Å²) in [4.78, 5) is 16.0. The van der Waals surface area contributed by atoms with E-state index >= 15 is 0 Å². The van der Waals surface area contributed by atoms with E-state index in [0.29, 0.717) is 24.7 Å². The maximum Gasteiger partial charge on any atom is 0.159 e. The van der Waals surface area contributed by atoms with Crippen molar-refractivity contribution < 1.29 is 30.0 Å². The summed E-state index contributed by atoms with van der Waals surface area (Å²) in [6, 6.07) is 23.4. The van der Waals surface area contributed by atoms with Gasteiger partial charge in [-0.3, -0.25) is 4.79 Å². The first-order chi connectivity index (χ1) is 19.3. The minimum atomic E-state index is 0. The first-order valence-electron chi connectivity index (χ1n) is 14.8. The van der Waals surface area contributed by atoms with Crippen LogP contribution in [0.1, 0.15) is 72.4 Å². The maximum absolute atomic E-state index is 11.2. The van der Waals surface area contributed by atoms with Crippen LogP contribution in [0.3, 0.4) is 0 Å². The fourth-order valence-electron chi connectivity index (χ4n) is 5.59. The predicted molar refractivity (Wildman–Crippen MR) is 173 cm³/mol. The van der Waals surface area contributed by atoms with Crippen LogP contribution in [0.4, 0.5) is 0 Å². The molecule has 0 aliphatic heterocycles. The van der Waals surface area contributed by atoms with Crippen LogP contribution in [0.5, 0.6) is 0 Å². The second kappa shape index (κ2) is 13.9. The molecular weight excluding hydrogens is 695 g/mol. The molecule has 223 valence electrons. The van der Waals surface area contributed by atoms with Gasteiger partial charge in [0.15, 0.2) is 5.78 Å². The van der Waals surface area contributed by atoms with E-state index in [1.54, 1.807) is 0 Å². The monoisotopic (exact) mass is 739 g/mol. The second-order valence-corrected chi connectivity index (χ2v) is 13.4. The Bertz CT molecular complexity index is 1590. The number of benzene rings is 3. The number of aliphatic hydroxyl groups is 1. The summed E-state index contributed by atoms with van der Waals surface area (Å²) in [6.45, 7) is 17.1. The van der Waals surface area contributed by atoms with Gasteiger partial charge in [0, 0.05) is 45.2 Å². The standard InChI is InChI=1S/C27H24N.C11H20O2.Ir/c1-17-9-10-21-23(13-17)20-7-5-6-8-22(20)26-25-19(11-12-28-26)14-18(15-24(21)25)16-27(2,3)4;1-8(2)5-10(12)7-11(13)6-9(3)4;/h5-7,9-15H,16H2,1-4H3;7-9,12H,5-6H2,1-4H3;/q-1;;/b;10-7-;. The zero-order chi connectivity index (χ0) is 29.9. The molecule has 0 fully saturated rings. The zero-order valence-corrected chi connectivity index (χ0v) is 28.7. The van der Waals surface area contributed by atoms with E-state index in [2.05, 4.69) is 82.3 Å². The number of aromatic nitrogens is 1. The smallest absolute Gasteiger partial charge is 0.159 e. The van der Waals surface area contributed by atoms with E-state index < -0.39 is 0 Å². The van der Waals surface area contributed by atoms with Gasteiger partial charge in [-0.25, -0.2) is 0 Å². The Morgan fingerprint density at radius 3 is 2.31 bits per heavy atom. The van der Waals surface area contributed by atoms with Crippen molar-refractivity contribution in [1.82, 2.24) is 4.98 Å². The number of carbonyl (C=O) groups is 1. The number of carbonyl (C=O) groups excluding carboxylic acids is 1. The number of allylic oxidation sites excluding steroid dienone is 2. The number of ketones is 1. The quantitative estimate of drug-likeness (QED) is 0.107. The van der Waals surface area contributed by atoms with Crippen LogP contribution in [0.25, 0.3) is 44.3 Å². The van der Waals surface area contributed by atoms with Crippen molar-refractivity contribution in [1.29, 1.82) is 0 Å². The van der Waals surface area contributed by atoms with Gasteiger partial charge in [0.2, 0.25) is 0 Å². The number of aliphatic hydroxyl groups excluding tert-OH is 1. The summed E-state index contributed by atoms with van der Waals surface area (Å²) in [5, 5.41) is 11.8. The molecule has 0 saturated heterocycles. The summed E-state index contributed by atoms with van der Waals surface area (Å²) in [7, 11) is 0. The fraction of sp³-hybridized carbons (Fsp3) is 0.368. The molecule has 4 aromatic rings. The number of fused-ring (bicyclic) bond motifs is 5. The van der Waals surface area contributed by atoms with E-state index in [1.807, 2.05) is 40.0 Å². The SMILES string of the molecule is CC(C)CC(=O)/C=C(\O)CC(C)C.Cc1ccc2c(c1)-c1ccc[c-]c1-c1nccc3cc(CC(C)(C)C)cc-2c13.[Ir]. The molecule has 0 amide bonds. The summed E-state index contributed by atoms with van der Waals surface area (Å²) in [5.74, 6) is 0.979. The second-order valence-electron chi connectivity index (χ2n) is 13.4. The van der Waals surface area contributed by atoms with Crippen molar-refractivity contribution in [2.45, 2.75) is 74.7 Å². The first-order valence-corrected chi connectivity index (χ1v) is 14.8. The average molecular weight is 739 g/mol. The molecule has 4 heteroatoms. The molecule has 1 aromatic heterocycles. The number of hydrogen-bond acceptors (Lipinski definition) is 3. The number of aryl methyl sites for hydroxylation is 1. The van der Waals surface area contributed by atoms with E-state index in [-0.39, 0.29) is 37.1 Å². The van der Waals surface area contributed by atoms with Crippen LogP contribution < -0.4 is 0 Å². The number of hydrogen-bond donors (Lipinski definition) is 1. The van der Waals surface area contributed by atoms with Crippen molar-refractivity contribution in [3.05, 3.63) is 89.8 Å².